The third kappa shape index (κ3) is 3.57. The van der Waals surface area contributed by atoms with Crippen LogP contribution in [0.4, 0.5) is 0 Å². The van der Waals surface area contributed by atoms with Crippen molar-refractivity contribution < 1.29 is 9.47 Å². The van der Waals surface area contributed by atoms with Crippen LogP contribution in [0.2, 0.25) is 0 Å². The molecule has 1 aromatic carbocycles. The topological polar surface area (TPSA) is 34.6 Å². The predicted molar refractivity (Wildman–Crippen MR) is 88.6 cm³/mol. The number of fused-ring (bicyclic) bond motifs is 1. The predicted octanol–water partition coefficient (Wildman–Crippen LogP) is 3.07. The molecule has 2 aromatic rings. The van der Waals surface area contributed by atoms with E-state index in [-0.39, 0.29) is 0 Å². The zero-order valence-corrected chi connectivity index (χ0v) is 13.4. The van der Waals surface area contributed by atoms with Crippen molar-refractivity contribution in [3.63, 3.8) is 0 Å². The van der Waals surface area contributed by atoms with Gasteiger partial charge in [-0.3, -0.25) is 9.88 Å². The summed E-state index contributed by atoms with van der Waals surface area (Å²) in [7, 11) is 0. The van der Waals surface area contributed by atoms with Crippen molar-refractivity contribution in [1.29, 1.82) is 0 Å². The molecule has 1 aliphatic heterocycles. The summed E-state index contributed by atoms with van der Waals surface area (Å²) in [5, 5.41) is 1.22. The van der Waals surface area contributed by atoms with Gasteiger partial charge in [-0.25, -0.2) is 0 Å². The molecule has 1 fully saturated rings. The van der Waals surface area contributed by atoms with Crippen LogP contribution in [0.5, 0.6) is 5.75 Å². The molecule has 118 valence electrons. The molecule has 0 N–H and O–H groups in total. The van der Waals surface area contributed by atoms with Crippen LogP contribution < -0.4 is 4.74 Å². The number of hydrogen-bond acceptors (Lipinski definition) is 4. The molecule has 22 heavy (non-hydrogen) atoms. The van der Waals surface area contributed by atoms with Crippen LogP contribution in [0.25, 0.3) is 10.9 Å². The first-order valence-electron chi connectivity index (χ1n) is 8.05. The Hall–Kier alpha value is -1.65. The minimum Gasteiger partial charge on any atom is -0.492 e. The summed E-state index contributed by atoms with van der Waals surface area (Å²) < 4.78 is 11.2. The minimum absolute atomic E-state index is 0.499. The van der Waals surface area contributed by atoms with Crippen molar-refractivity contribution in [3.8, 4) is 5.75 Å². The van der Waals surface area contributed by atoms with Crippen molar-refractivity contribution in [2.24, 2.45) is 0 Å². The quantitative estimate of drug-likeness (QED) is 0.850. The molecule has 0 radical (unpaired) electrons. The Balaban J connectivity index is 1.64. The Bertz CT molecular complexity index is 622. The normalized spacial score (nSPS) is 16.3. The van der Waals surface area contributed by atoms with E-state index in [4.69, 9.17) is 9.47 Å². The highest BCUT2D eigenvalue weighted by Gasteiger charge is 2.10. The van der Waals surface area contributed by atoms with Gasteiger partial charge in [0.1, 0.15) is 12.4 Å². The molecular weight excluding hydrogens is 276 g/mol. The first-order valence-corrected chi connectivity index (χ1v) is 8.05. The molecule has 0 unspecified atom stereocenters. The van der Waals surface area contributed by atoms with E-state index < -0.39 is 0 Å². The molecule has 1 aliphatic rings. The van der Waals surface area contributed by atoms with E-state index in [1.165, 1.54) is 10.9 Å². The molecule has 1 aromatic heterocycles. The van der Waals surface area contributed by atoms with Gasteiger partial charge in [0.05, 0.1) is 18.7 Å². The molecule has 0 aliphatic carbocycles. The van der Waals surface area contributed by atoms with E-state index >= 15 is 0 Å². The fourth-order valence-corrected chi connectivity index (χ4v) is 2.86. The molecule has 0 saturated carbocycles. The van der Waals surface area contributed by atoms with Gasteiger partial charge in [0.2, 0.25) is 0 Å². The van der Waals surface area contributed by atoms with Crippen LogP contribution in [0, 0.1) is 0 Å². The maximum absolute atomic E-state index is 5.89. The van der Waals surface area contributed by atoms with E-state index in [1.807, 2.05) is 12.3 Å². The summed E-state index contributed by atoms with van der Waals surface area (Å²) in [4.78, 5) is 6.85. The van der Waals surface area contributed by atoms with E-state index in [0.717, 1.165) is 44.1 Å². The largest absolute Gasteiger partial charge is 0.492 e. The zero-order chi connectivity index (χ0) is 15.4. The Kier molecular flexibility index (Phi) is 4.90. The lowest BCUT2D eigenvalue weighted by Gasteiger charge is -2.26. The maximum Gasteiger partial charge on any atom is 0.121 e. The second-order valence-corrected chi connectivity index (χ2v) is 6.04. The second kappa shape index (κ2) is 7.07. The van der Waals surface area contributed by atoms with E-state index in [1.54, 1.807) is 0 Å². The fraction of sp³-hybridized carbons (Fsp3) is 0.500. The monoisotopic (exact) mass is 300 g/mol. The first kappa shape index (κ1) is 15.3. The zero-order valence-electron chi connectivity index (χ0n) is 13.4. The Morgan fingerprint density at radius 3 is 2.82 bits per heavy atom. The van der Waals surface area contributed by atoms with Gasteiger partial charge in [-0.2, -0.15) is 0 Å². The standard InChI is InChI=1S/C18H24N2O2/c1-14(2)16-5-6-19-18-13-15(3-4-17(16)18)22-12-9-20-7-10-21-11-8-20/h3-6,13-14H,7-12H2,1-2H3. The van der Waals surface area contributed by atoms with Gasteiger partial charge >= 0.3 is 0 Å². The van der Waals surface area contributed by atoms with E-state index in [0.29, 0.717) is 12.5 Å². The summed E-state index contributed by atoms with van der Waals surface area (Å²) in [5.41, 5.74) is 2.35. The smallest absolute Gasteiger partial charge is 0.121 e. The first-order chi connectivity index (χ1) is 10.7. The van der Waals surface area contributed by atoms with Crippen LogP contribution in [0.1, 0.15) is 25.3 Å². The van der Waals surface area contributed by atoms with Crippen molar-refractivity contribution in [3.05, 3.63) is 36.0 Å². The number of pyridine rings is 1. The number of nitrogens with zero attached hydrogens (tertiary/aromatic N) is 2. The van der Waals surface area contributed by atoms with Crippen molar-refractivity contribution in [2.45, 2.75) is 19.8 Å². The molecule has 0 atom stereocenters. The third-order valence-corrected chi connectivity index (χ3v) is 4.15. The lowest BCUT2D eigenvalue weighted by atomic mass is 9.99. The highest BCUT2D eigenvalue weighted by molar-refractivity contribution is 5.83. The third-order valence-electron chi connectivity index (χ3n) is 4.15. The van der Waals surface area contributed by atoms with Gasteiger partial charge in [-0.05, 0) is 29.7 Å². The summed E-state index contributed by atoms with van der Waals surface area (Å²) in [6.45, 7) is 9.73. The molecular formula is C18H24N2O2. The molecule has 0 amide bonds. The second-order valence-electron chi connectivity index (χ2n) is 6.04. The van der Waals surface area contributed by atoms with Gasteiger partial charge in [0, 0.05) is 37.3 Å². The molecule has 0 bridgehead atoms. The van der Waals surface area contributed by atoms with Gasteiger partial charge < -0.3 is 9.47 Å². The Labute approximate surface area is 132 Å². The van der Waals surface area contributed by atoms with Gasteiger partial charge in [-0.1, -0.05) is 13.8 Å². The van der Waals surface area contributed by atoms with Crippen molar-refractivity contribution >= 4 is 10.9 Å². The molecule has 4 heteroatoms. The Morgan fingerprint density at radius 2 is 2.05 bits per heavy atom. The molecule has 4 nitrogen and oxygen atoms in total. The highest BCUT2D eigenvalue weighted by Crippen LogP contribution is 2.26. The summed E-state index contributed by atoms with van der Waals surface area (Å²) >= 11 is 0. The van der Waals surface area contributed by atoms with Crippen LogP contribution >= 0.6 is 0 Å². The molecule has 2 heterocycles. The van der Waals surface area contributed by atoms with Crippen molar-refractivity contribution in [2.75, 3.05) is 39.5 Å². The lowest BCUT2D eigenvalue weighted by molar-refractivity contribution is 0.0322. The number of ether oxygens (including phenoxy) is 2. The highest BCUT2D eigenvalue weighted by atomic mass is 16.5. The summed E-state index contributed by atoms with van der Waals surface area (Å²) in [6.07, 6.45) is 1.88. The van der Waals surface area contributed by atoms with Crippen molar-refractivity contribution in [1.82, 2.24) is 9.88 Å². The maximum atomic E-state index is 5.89. The average Bonchev–Trinajstić information content (AvgIpc) is 2.55. The van der Waals surface area contributed by atoms with E-state index in [2.05, 4.69) is 41.9 Å². The molecule has 0 spiro atoms. The number of rotatable bonds is 5. The summed E-state index contributed by atoms with van der Waals surface area (Å²) in [6, 6.07) is 8.32. The van der Waals surface area contributed by atoms with Gasteiger partial charge in [-0.15, -0.1) is 0 Å². The van der Waals surface area contributed by atoms with Crippen LogP contribution in [-0.2, 0) is 4.74 Å². The van der Waals surface area contributed by atoms with Crippen LogP contribution in [-0.4, -0.2) is 49.3 Å². The number of morpholine rings is 1. The number of benzene rings is 1. The minimum atomic E-state index is 0.499. The number of hydrogen-bond donors (Lipinski definition) is 0. The average molecular weight is 300 g/mol. The Morgan fingerprint density at radius 1 is 1.23 bits per heavy atom. The summed E-state index contributed by atoms with van der Waals surface area (Å²) in [5.74, 6) is 1.40. The molecule has 1 saturated heterocycles. The SMILES string of the molecule is CC(C)c1ccnc2cc(OCCN3CCOCC3)ccc12. The lowest BCUT2D eigenvalue weighted by Crippen LogP contribution is -2.38. The molecule has 3 rings (SSSR count). The fourth-order valence-electron chi connectivity index (χ4n) is 2.86. The van der Waals surface area contributed by atoms with Crippen LogP contribution in [0.15, 0.2) is 30.5 Å². The van der Waals surface area contributed by atoms with Gasteiger partial charge in [0.15, 0.2) is 0 Å². The number of aromatic nitrogens is 1. The van der Waals surface area contributed by atoms with Gasteiger partial charge in [0.25, 0.3) is 0 Å². The van der Waals surface area contributed by atoms with E-state index in [9.17, 15) is 0 Å². The van der Waals surface area contributed by atoms with Crippen LogP contribution in [0.3, 0.4) is 0 Å².